The van der Waals surface area contributed by atoms with Crippen molar-refractivity contribution in [2.24, 2.45) is 0 Å². The standard InChI is InChI=1S/C17H14N4O5/c22-15-10-14(18-19-16(23)11-4-2-1-3-5-11)17(24)20(15)12-6-8-13(9-7-12)21(25)26/h1-9,14,18H,10H2,(H,19,23)/t14-/m0/s1. The quantitative estimate of drug-likeness (QED) is 0.472. The molecule has 3 rings (SSSR count). The average Bonchev–Trinajstić information content (AvgIpc) is 2.94. The first-order valence-electron chi connectivity index (χ1n) is 7.69. The van der Waals surface area contributed by atoms with Gasteiger partial charge in [-0.15, -0.1) is 0 Å². The van der Waals surface area contributed by atoms with Crippen LogP contribution in [-0.4, -0.2) is 28.7 Å². The number of nitro groups is 1. The van der Waals surface area contributed by atoms with E-state index < -0.39 is 28.7 Å². The second kappa shape index (κ2) is 7.11. The van der Waals surface area contributed by atoms with Crippen LogP contribution in [-0.2, 0) is 9.59 Å². The van der Waals surface area contributed by atoms with Crippen LogP contribution in [0.25, 0.3) is 0 Å². The Kier molecular flexibility index (Phi) is 4.72. The summed E-state index contributed by atoms with van der Waals surface area (Å²) in [6.45, 7) is 0. The number of benzene rings is 2. The van der Waals surface area contributed by atoms with E-state index in [-0.39, 0.29) is 17.8 Å². The molecule has 1 atom stereocenters. The fraction of sp³-hybridized carbons (Fsp3) is 0.118. The molecule has 1 aliphatic rings. The van der Waals surface area contributed by atoms with Gasteiger partial charge in [-0.05, 0) is 24.3 Å². The van der Waals surface area contributed by atoms with Crippen LogP contribution in [0.4, 0.5) is 11.4 Å². The van der Waals surface area contributed by atoms with Gasteiger partial charge in [0.15, 0.2) is 0 Å². The molecule has 0 saturated carbocycles. The molecule has 2 aromatic carbocycles. The summed E-state index contributed by atoms with van der Waals surface area (Å²) in [4.78, 5) is 47.6. The van der Waals surface area contributed by atoms with E-state index >= 15 is 0 Å². The number of anilines is 1. The van der Waals surface area contributed by atoms with Gasteiger partial charge < -0.3 is 0 Å². The molecule has 0 bridgehead atoms. The molecule has 0 radical (unpaired) electrons. The highest BCUT2D eigenvalue weighted by Gasteiger charge is 2.39. The predicted molar refractivity (Wildman–Crippen MR) is 91.0 cm³/mol. The molecule has 0 aromatic heterocycles. The number of hydrazine groups is 1. The van der Waals surface area contributed by atoms with Crippen molar-refractivity contribution in [3.63, 3.8) is 0 Å². The molecule has 2 aromatic rings. The van der Waals surface area contributed by atoms with E-state index in [9.17, 15) is 24.5 Å². The third kappa shape index (κ3) is 3.42. The van der Waals surface area contributed by atoms with Gasteiger partial charge in [-0.2, -0.15) is 0 Å². The predicted octanol–water partition coefficient (Wildman–Crippen LogP) is 1.16. The van der Waals surface area contributed by atoms with Crippen LogP contribution in [0.1, 0.15) is 16.8 Å². The van der Waals surface area contributed by atoms with Crippen LogP contribution in [0.3, 0.4) is 0 Å². The van der Waals surface area contributed by atoms with Gasteiger partial charge in [-0.25, -0.2) is 10.3 Å². The van der Waals surface area contributed by atoms with Crippen molar-refractivity contribution >= 4 is 29.1 Å². The summed E-state index contributed by atoms with van der Waals surface area (Å²) in [6.07, 6.45) is -0.134. The Morgan fingerprint density at radius 1 is 1.08 bits per heavy atom. The lowest BCUT2D eigenvalue weighted by molar-refractivity contribution is -0.384. The molecule has 1 fully saturated rings. The Hall–Kier alpha value is -3.59. The summed E-state index contributed by atoms with van der Waals surface area (Å²) in [5.74, 6) is -1.44. The minimum atomic E-state index is -0.912. The lowest BCUT2D eigenvalue weighted by Gasteiger charge is -2.15. The van der Waals surface area contributed by atoms with Crippen molar-refractivity contribution in [2.45, 2.75) is 12.5 Å². The summed E-state index contributed by atoms with van der Waals surface area (Å²) >= 11 is 0. The summed E-state index contributed by atoms with van der Waals surface area (Å²) in [7, 11) is 0. The fourth-order valence-corrected chi connectivity index (χ4v) is 2.55. The first-order valence-corrected chi connectivity index (χ1v) is 7.69. The van der Waals surface area contributed by atoms with E-state index in [0.29, 0.717) is 5.56 Å². The lowest BCUT2D eigenvalue weighted by atomic mass is 10.2. The molecule has 0 aliphatic carbocycles. The van der Waals surface area contributed by atoms with Crippen LogP contribution >= 0.6 is 0 Å². The van der Waals surface area contributed by atoms with Crippen LogP contribution in [0.15, 0.2) is 54.6 Å². The zero-order chi connectivity index (χ0) is 18.7. The van der Waals surface area contributed by atoms with Crippen molar-refractivity contribution in [1.82, 2.24) is 10.9 Å². The molecule has 9 heteroatoms. The van der Waals surface area contributed by atoms with E-state index in [1.54, 1.807) is 30.3 Å². The fourth-order valence-electron chi connectivity index (χ4n) is 2.55. The topological polar surface area (TPSA) is 122 Å². The van der Waals surface area contributed by atoms with Crippen LogP contribution in [0.2, 0.25) is 0 Å². The van der Waals surface area contributed by atoms with Gasteiger partial charge in [0.1, 0.15) is 6.04 Å². The maximum Gasteiger partial charge on any atom is 0.269 e. The molecule has 9 nitrogen and oxygen atoms in total. The molecule has 26 heavy (non-hydrogen) atoms. The van der Waals surface area contributed by atoms with Gasteiger partial charge in [0.25, 0.3) is 17.5 Å². The van der Waals surface area contributed by atoms with Gasteiger partial charge in [0.05, 0.1) is 17.0 Å². The highest BCUT2D eigenvalue weighted by Crippen LogP contribution is 2.24. The number of hydrogen-bond donors (Lipinski definition) is 2. The number of carbonyl (C=O) groups is 3. The third-order valence-electron chi connectivity index (χ3n) is 3.86. The minimum Gasteiger partial charge on any atom is -0.287 e. The van der Waals surface area contributed by atoms with E-state index in [2.05, 4.69) is 10.9 Å². The van der Waals surface area contributed by atoms with Crippen molar-refractivity contribution in [3.05, 3.63) is 70.3 Å². The van der Waals surface area contributed by atoms with Crippen molar-refractivity contribution in [3.8, 4) is 0 Å². The van der Waals surface area contributed by atoms with Gasteiger partial charge in [0, 0.05) is 17.7 Å². The van der Waals surface area contributed by atoms with E-state index in [1.807, 2.05) is 0 Å². The number of non-ortho nitro benzene ring substituents is 1. The summed E-state index contributed by atoms with van der Waals surface area (Å²) in [5.41, 5.74) is 5.49. The number of amides is 3. The summed E-state index contributed by atoms with van der Waals surface area (Å²) in [5, 5.41) is 10.7. The molecule has 0 unspecified atom stereocenters. The smallest absolute Gasteiger partial charge is 0.269 e. The Morgan fingerprint density at radius 2 is 1.73 bits per heavy atom. The molecular weight excluding hydrogens is 340 g/mol. The number of rotatable bonds is 5. The van der Waals surface area contributed by atoms with E-state index in [1.165, 1.54) is 24.3 Å². The first-order chi connectivity index (χ1) is 12.5. The molecule has 132 valence electrons. The maximum absolute atomic E-state index is 12.4. The minimum absolute atomic E-state index is 0.134. The number of carbonyl (C=O) groups excluding carboxylic acids is 3. The van der Waals surface area contributed by atoms with Gasteiger partial charge >= 0.3 is 0 Å². The second-order valence-corrected chi connectivity index (χ2v) is 5.56. The zero-order valence-corrected chi connectivity index (χ0v) is 13.4. The number of nitro benzene ring substituents is 1. The summed E-state index contributed by atoms with van der Waals surface area (Å²) in [6, 6.07) is 12.6. The SMILES string of the molecule is O=C(NN[C@H]1CC(=O)N(c2ccc([N+](=O)[O-])cc2)C1=O)c1ccccc1. The molecular formula is C17H14N4O5. The van der Waals surface area contributed by atoms with Crippen LogP contribution in [0.5, 0.6) is 0 Å². The Bertz CT molecular complexity index is 866. The van der Waals surface area contributed by atoms with Crippen molar-refractivity contribution in [2.75, 3.05) is 4.90 Å². The highest BCUT2D eigenvalue weighted by atomic mass is 16.6. The normalized spacial score (nSPS) is 16.6. The summed E-state index contributed by atoms with van der Waals surface area (Å²) < 4.78 is 0. The molecule has 0 spiro atoms. The van der Waals surface area contributed by atoms with E-state index in [0.717, 1.165) is 4.90 Å². The van der Waals surface area contributed by atoms with Gasteiger partial charge in [-0.1, -0.05) is 18.2 Å². The van der Waals surface area contributed by atoms with Gasteiger partial charge in [0.2, 0.25) is 5.91 Å². The highest BCUT2D eigenvalue weighted by molar-refractivity contribution is 6.22. The lowest BCUT2D eigenvalue weighted by Crippen LogP contribution is -2.48. The monoisotopic (exact) mass is 354 g/mol. The zero-order valence-electron chi connectivity index (χ0n) is 13.4. The van der Waals surface area contributed by atoms with Crippen molar-refractivity contribution in [1.29, 1.82) is 0 Å². The number of imide groups is 1. The molecule has 3 amide bonds. The largest absolute Gasteiger partial charge is 0.287 e. The number of hydrogen-bond acceptors (Lipinski definition) is 6. The van der Waals surface area contributed by atoms with Crippen molar-refractivity contribution < 1.29 is 19.3 Å². The third-order valence-corrected chi connectivity index (χ3v) is 3.86. The van der Waals surface area contributed by atoms with E-state index in [4.69, 9.17) is 0 Å². The van der Waals surface area contributed by atoms with Crippen LogP contribution < -0.4 is 15.8 Å². The average molecular weight is 354 g/mol. The Morgan fingerprint density at radius 3 is 2.35 bits per heavy atom. The molecule has 2 N–H and O–H groups in total. The molecule has 1 saturated heterocycles. The Balaban J connectivity index is 1.67. The Labute approximate surface area is 147 Å². The number of nitrogens with zero attached hydrogens (tertiary/aromatic N) is 2. The maximum atomic E-state index is 12.4. The van der Waals surface area contributed by atoms with Crippen LogP contribution in [0, 0.1) is 10.1 Å². The van der Waals surface area contributed by atoms with Gasteiger partial charge in [-0.3, -0.25) is 29.9 Å². The second-order valence-electron chi connectivity index (χ2n) is 5.56. The first kappa shape index (κ1) is 17.2. The number of nitrogens with one attached hydrogen (secondary N) is 2. The molecule has 1 heterocycles. The molecule has 1 aliphatic heterocycles.